The molecule has 1 aliphatic rings. The Morgan fingerprint density at radius 2 is 2.19 bits per heavy atom. The minimum atomic E-state index is -0.780. The fourth-order valence-corrected chi connectivity index (χ4v) is 2.39. The van der Waals surface area contributed by atoms with Crippen molar-refractivity contribution in [2.75, 3.05) is 6.61 Å². The van der Waals surface area contributed by atoms with E-state index >= 15 is 0 Å². The summed E-state index contributed by atoms with van der Waals surface area (Å²) in [5.74, 6) is -0.560. The topological polar surface area (TPSA) is 87.7 Å². The van der Waals surface area contributed by atoms with E-state index in [0.29, 0.717) is 16.3 Å². The lowest BCUT2D eigenvalue weighted by molar-refractivity contribution is -0.139. The van der Waals surface area contributed by atoms with E-state index in [-0.39, 0.29) is 17.9 Å². The molecule has 2 rings (SSSR count). The highest BCUT2D eigenvalue weighted by atomic mass is 35.5. The van der Waals surface area contributed by atoms with Gasteiger partial charge in [0.05, 0.1) is 18.2 Å². The number of phenolic OH excluding ortho intramolecular Hbond substituents is 1. The Labute approximate surface area is 126 Å². The van der Waals surface area contributed by atoms with Crippen molar-refractivity contribution in [1.82, 2.24) is 10.6 Å². The molecule has 0 fully saturated rings. The van der Waals surface area contributed by atoms with Crippen LogP contribution in [0.2, 0.25) is 5.02 Å². The average Bonchev–Trinajstić information content (AvgIpc) is 2.40. The van der Waals surface area contributed by atoms with Crippen molar-refractivity contribution in [2.24, 2.45) is 0 Å². The Morgan fingerprint density at radius 3 is 2.86 bits per heavy atom. The number of allylic oxidation sites excluding steroid dienone is 1. The van der Waals surface area contributed by atoms with Gasteiger partial charge in [-0.15, -0.1) is 0 Å². The Balaban J connectivity index is 2.52. The summed E-state index contributed by atoms with van der Waals surface area (Å²) in [6, 6.07) is 3.10. The van der Waals surface area contributed by atoms with E-state index in [0.717, 1.165) is 0 Å². The smallest absolute Gasteiger partial charge is 0.338 e. The van der Waals surface area contributed by atoms with Gasteiger partial charge in [0.2, 0.25) is 0 Å². The van der Waals surface area contributed by atoms with Crippen molar-refractivity contribution in [3.63, 3.8) is 0 Å². The normalized spacial score (nSPS) is 18.0. The number of halogens is 1. The van der Waals surface area contributed by atoms with Gasteiger partial charge in [0, 0.05) is 16.3 Å². The second-order valence-corrected chi connectivity index (χ2v) is 4.90. The summed E-state index contributed by atoms with van der Waals surface area (Å²) in [4.78, 5) is 23.8. The Bertz CT molecular complexity index is 627. The molecule has 112 valence electrons. The van der Waals surface area contributed by atoms with E-state index in [1.165, 1.54) is 18.2 Å². The average molecular weight is 311 g/mol. The van der Waals surface area contributed by atoms with Gasteiger partial charge in [0.1, 0.15) is 5.75 Å². The highest BCUT2D eigenvalue weighted by Crippen LogP contribution is 2.34. The van der Waals surface area contributed by atoms with E-state index in [4.69, 9.17) is 16.3 Å². The number of hydrogen-bond acceptors (Lipinski definition) is 4. The molecule has 1 aromatic carbocycles. The molecule has 0 aliphatic carbocycles. The van der Waals surface area contributed by atoms with Crippen molar-refractivity contribution in [2.45, 2.75) is 19.9 Å². The van der Waals surface area contributed by atoms with Crippen LogP contribution in [0.4, 0.5) is 4.79 Å². The second-order valence-electron chi connectivity index (χ2n) is 4.50. The lowest BCUT2D eigenvalue weighted by atomic mass is 9.95. The van der Waals surface area contributed by atoms with Gasteiger partial charge in [0.15, 0.2) is 0 Å². The van der Waals surface area contributed by atoms with Crippen LogP contribution >= 0.6 is 11.6 Å². The van der Waals surface area contributed by atoms with E-state index in [2.05, 4.69) is 10.6 Å². The monoisotopic (exact) mass is 310 g/mol. The minimum absolute atomic E-state index is 0.0111. The Kier molecular flexibility index (Phi) is 4.37. The molecule has 0 radical (unpaired) electrons. The van der Waals surface area contributed by atoms with Crippen LogP contribution in [0.15, 0.2) is 29.5 Å². The first-order chi connectivity index (χ1) is 9.93. The SMILES string of the molecule is CCOC(=O)C1=C(C)NC(=O)NC1c1cc(O)ccc1Cl. The van der Waals surface area contributed by atoms with Crippen LogP contribution in [-0.2, 0) is 9.53 Å². The largest absolute Gasteiger partial charge is 0.508 e. The van der Waals surface area contributed by atoms with Gasteiger partial charge in [-0.05, 0) is 32.0 Å². The van der Waals surface area contributed by atoms with Gasteiger partial charge >= 0.3 is 12.0 Å². The zero-order valence-corrected chi connectivity index (χ0v) is 12.3. The zero-order chi connectivity index (χ0) is 15.6. The van der Waals surface area contributed by atoms with Crippen molar-refractivity contribution < 1.29 is 19.4 Å². The molecular weight excluding hydrogens is 296 g/mol. The first-order valence-electron chi connectivity index (χ1n) is 6.37. The summed E-state index contributed by atoms with van der Waals surface area (Å²) in [5, 5.41) is 15.1. The molecule has 1 unspecified atom stereocenters. The van der Waals surface area contributed by atoms with Crippen LogP contribution in [0.3, 0.4) is 0 Å². The van der Waals surface area contributed by atoms with Gasteiger partial charge in [-0.2, -0.15) is 0 Å². The predicted octanol–water partition coefficient (Wildman–Crippen LogP) is 2.24. The third-order valence-corrected chi connectivity index (χ3v) is 3.40. The predicted molar refractivity (Wildman–Crippen MR) is 76.9 cm³/mol. The summed E-state index contributed by atoms with van der Waals surface area (Å²) in [6.45, 7) is 3.51. The maximum atomic E-state index is 12.1. The van der Waals surface area contributed by atoms with Crippen LogP contribution in [0.5, 0.6) is 5.75 Å². The molecule has 1 aliphatic heterocycles. The Morgan fingerprint density at radius 1 is 1.48 bits per heavy atom. The molecule has 0 spiro atoms. The molecule has 0 saturated carbocycles. The van der Waals surface area contributed by atoms with Crippen molar-refractivity contribution in [3.05, 3.63) is 40.1 Å². The number of phenols is 1. The summed E-state index contributed by atoms with van der Waals surface area (Å²) in [5.41, 5.74) is 1.07. The van der Waals surface area contributed by atoms with Gasteiger partial charge in [-0.3, -0.25) is 0 Å². The van der Waals surface area contributed by atoms with Crippen molar-refractivity contribution >= 4 is 23.6 Å². The highest BCUT2D eigenvalue weighted by molar-refractivity contribution is 6.31. The number of rotatable bonds is 3. The van der Waals surface area contributed by atoms with E-state index in [9.17, 15) is 14.7 Å². The summed E-state index contributed by atoms with van der Waals surface area (Å²) < 4.78 is 5.02. The van der Waals surface area contributed by atoms with Crippen LogP contribution in [0.1, 0.15) is 25.5 Å². The standard InChI is InChI=1S/C14H15ClN2O4/c1-3-21-13(19)11-7(2)16-14(20)17-12(11)9-6-8(18)4-5-10(9)15/h4-6,12,18H,3H2,1-2H3,(H2,16,17,20). The number of hydrogen-bond donors (Lipinski definition) is 3. The molecule has 0 bridgehead atoms. The maximum Gasteiger partial charge on any atom is 0.338 e. The first kappa shape index (κ1) is 15.2. The van der Waals surface area contributed by atoms with Crippen LogP contribution in [-0.4, -0.2) is 23.7 Å². The molecule has 0 saturated heterocycles. The van der Waals surface area contributed by atoms with E-state index in [1.807, 2.05) is 0 Å². The molecule has 1 aromatic rings. The molecule has 21 heavy (non-hydrogen) atoms. The fourth-order valence-electron chi connectivity index (χ4n) is 2.16. The molecule has 1 atom stereocenters. The highest BCUT2D eigenvalue weighted by Gasteiger charge is 2.33. The summed E-state index contributed by atoms with van der Waals surface area (Å²) in [6.07, 6.45) is 0. The van der Waals surface area contributed by atoms with Crippen LogP contribution < -0.4 is 10.6 Å². The number of aromatic hydroxyl groups is 1. The van der Waals surface area contributed by atoms with E-state index < -0.39 is 18.0 Å². The minimum Gasteiger partial charge on any atom is -0.508 e. The number of ether oxygens (including phenoxy) is 1. The molecule has 6 nitrogen and oxygen atoms in total. The molecule has 3 N–H and O–H groups in total. The number of carbonyl (C=O) groups excluding carboxylic acids is 2. The fraction of sp³-hybridized carbons (Fsp3) is 0.286. The Hall–Kier alpha value is -2.21. The van der Waals surface area contributed by atoms with Gasteiger partial charge in [0.25, 0.3) is 0 Å². The molecular formula is C14H15ClN2O4. The van der Waals surface area contributed by atoms with E-state index in [1.54, 1.807) is 13.8 Å². The number of esters is 1. The van der Waals surface area contributed by atoms with Gasteiger partial charge in [-0.1, -0.05) is 11.6 Å². The van der Waals surface area contributed by atoms with Crippen molar-refractivity contribution in [3.8, 4) is 5.75 Å². The lowest BCUT2D eigenvalue weighted by Gasteiger charge is -2.28. The molecule has 0 aromatic heterocycles. The van der Waals surface area contributed by atoms with Crippen molar-refractivity contribution in [1.29, 1.82) is 0 Å². The molecule has 7 heteroatoms. The van der Waals surface area contributed by atoms with Gasteiger partial charge < -0.3 is 20.5 Å². The molecule has 2 amide bonds. The third kappa shape index (κ3) is 3.11. The number of nitrogens with one attached hydrogen (secondary N) is 2. The molecule has 1 heterocycles. The quantitative estimate of drug-likeness (QED) is 0.747. The number of amides is 2. The lowest BCUT2D eigenvalue weighted by Crippen LogP contribution is -2.45. The van der Waals surface area contributed by atoms with Gasteiger partial charge in [-0.25, -0.2) is 9.59 Å². The van der Waals surface area contributed by atoms with Crippen LogP contribution in [0, 0.1) is 0 Å². The number of carbonyl (C=O) groups is 2. The number of benzene rings is 1. The summed E-state index contributed by atoms with van der Waals surface area (Å²) in [7, 11) is 0. The maximum absolute atomic E-state index is 12.1. The third-order valence-electron chi connectivity index (χ3n) is 3.06. The summed E-state index contributed by atoms with van der Waals surface area (Å²) >= 11 is 6.11. The zero-order valence-electron chi connectivity index (χ0n) is 11.6. The number of urea groups is 1. The second kappa shape index (κ2) is 6.05. The van der Waals surface area contributed by atoms with Crippen LogP contribution in [0.25, 0.3) is 0 Å². The first-order valence-corrected chi connectivity index (χ1v) is 6.75.